The molecule has 1 heterocycles. The molecule has 0 radical (unpaired) electrons. The van der Waals surface area contributed by atoms with Crippen molar-refractivity contribution in [3.8, 4) is 0 Å². The van der Waals surface area contributed by atoms with Crippen molar-refractivity contribution < 1.29 is 17.9 Å². The second-order valence-corrected chi connectivity index (χ2v) is 7.41. The van der Waals surface area contributed by atoms with Crippen LogP contribution in [0.2, 0.25) is 0 Å². The van der Waals surface area contributed by atoms with E-state index in [1.807, 2.05) is 25.9 Å². The van der Waals surface area contributed by atoms with Gasteiger partial charge in [-0.15, -0.1) is 0 Å². The van der Waals surface area contributed by atoms with E-state index in [2.05, 4.69) is 15.9 Å². The maximum absolute atomic E-state index is 12.7. The summed E-state index contributed by atoms with van der Waals surface area (Å²) in [5.41, 5.74) is 0. The van der Waals surface area contributed by atoms with E-state index in [9.17, 15) is 8.42 Å². The van der Waals surface area contributed by atoms with Crippen molar-refractivity contribution in [1.82, 2.24) is 9.21 Å². The Morgan fingerprint density at radius 2 is 2.05 bits per heavy atom. The monoisotopic (exact) mass is 368 g/mol. The van der Waals surface area contributed by atoms with Crippen molar-refractivity contribution in [1.29, 1.82) is 0 Å². The van der Waals surface area contributed by atoms with Gasteiger partial charge in [0, 0.05) is 25.2 Å². The Bertz CT molecular complexity index is 542. The molecule has 0 aliphatic heterocycles. The van der Waals surface area contributed by atoms with Crippen LogP contribution in [0.4, 0.5) is 0 Å². The van der Waals surface area contributed by atoms with E-state index in [0.29, 0.717) is 13.1 Å². The van der Waals surface area contributed by atoms with Crippen LogP contribution in [0.5, 0.6) is 0 Å². The third-order valence-electron chi connectivity index (χ3n) is 2.88. The molecule has 0 saturated carbocycles. The Hall–Kier alpha value is -0.410. The lowest BCUT2D eigenvalue weighted by Gasteiger charge is -2.28. The van der Waals surface area contributed by atoms with Crippen LogP contribution in [0.3, 0.4) is 0 Å². The largest absolute Gasteiger partial charge is 0.450 e. The predicted octanol–water partition coefficient (Wildman–Crippen LogP) is 1.50. The first kappa shape index (κ1) is 17.6. The lowest BCUT2D eigenvalue weighted by atomic mass is 10.3. The van der Waals surface area contributed by atoms with Gasteiger partial charge in [-0.25, -0.2) is 8.42 Å². The molecule has 1 aromatic rings. The molecule has 1 aromatic heterocycles. The van der Waals surface area contributed by atoms with Crippen LogP contribution in [0.15, 0.2) is 20.0 Å². The van der Waals surface area contributed by atoms with Crippen LogP contribution in [-0.2, 0) is 16.6 Å². The minimum atomic E-state index is -3.66. The minimum Gasteiger partial charge on any atom is -0.450 e. The van der Waals surface area contributed by atoms with E-state index >= 15 is 0 Å². The average molecular weight is 369 g/mol. The first-order valence-electron chi connectivity index (χ1n) is 6.29. The Balaban J connectivity index is 3.14. The van der Waals surface area contributed by atoms with Crippen LogP contribution in [0.1, 0.15) is 19.6 Å². The molecule has 0 amide bonds. The van der Waals surface area contributed by atoms with Gasteiger partial charge in [0.15, 0.2) is 4.67 Å². The molecule has 20 heavy (non-hydrogen) atoms. The van der Waals surface area contributed by atoms with E-state index in [1.54, 1.807) is 6.92 Å². The van der Waals surface area contributed by atoms with Crippen LogP contribution in [-0.4, -0.2) is 56.0 Å². The number of sulfonamides is 1. The second kappa shape index (κ2) is 7.04. The Kier molecular flexibility index (Phi) is 6.21. The Labute approximate surface area is 128 Å². The van der Waals surface area contributed by atoms with Gasteiger partial charge in [0.1, 0.15) is 17.3 Å². The first-order chi connectivity index (χ1) is 9.23. The summed E-state index contributed by atoms with van der Waals surface area (Å²) in [6.07, 6.45) is 0. The smallest absolute Gasteiger partial charge is 0.247 e. The fourth-order valence-corrected chi connectivity index (χ4v) is 4.71. The van der Waals surface area contributed by atoms with Gasteiger partial charge >= 0.3 is 0 Å². The molecular formula is C12H21BrN2O4S. The maximum atomic E-state index is 12.7. The predicted molar refractivity (Wildman–Crippen MR) is 79.9 cm³/mol. The zero-order valence-corrected chi connectivity index (χ0v) is 14.5. The Morgan fingerprint density at radius 3 is 2.45 bits per heavy atom. The second-order valence-electron chi connectivity index (χ2n) is 4.83. The third kappa shape index (κ3) is 3.82. The van der Waals surface area contributed by atoms with Gasteiger partial charge in [0.2, 0.25) is 10.0 Å². The summed E-state index contributed by atoms with van der Waals surface area (Å²) in [4.78, 5) is 1.99. The SMILES string of the molecule is CCN(C(C)CN(C)C)S(=O)(=O)c1cc(CO)oc1Br. The van der Waals surface area contributed by atoms with Gasteiger partial charge in [-0.3, -0.25) is 0 Å². The third-order valence-corrected chi connectivity index (χ3v) is 5.83. The molecule has 1 N–H and O–H groups in total. The van der Waals surface area contributed by atoms with Gasteiger partial charge in [-0.1, -0.05) is 6.92 Å². The first-order valence-corrected chi connectivity index (χ1v) is 8.53. The van der Waals surface area contributed by atoms with Gasteiger partial charge in [0.05, 0.1) is 0 Å². The summed E-state index contributed by atoms with van der Waals surface area (Å²) >= 11 is 3.10. The highest BCUT2D eigenvalue weighted by Crippen LogP contribution is 2.29. The van der Waals surface area contributed by atoms with Crippen LogP contribution in [0, 0.1) is 0 Å². The summed E-state index contributed by atoms with van der Waals surface area (Å²) in [5, 5.41) is 9.04. The fourth-order valence-electron chi connectivity index (χ4n) is 2.12. The summed E-state index contributed by atoms with van der Waals surface area (Å²) in [5.74, 6) is 0.215. The molecule has 0 aromatic carbocycles. The highest BCUT2D eigenvalue weighted by Gasteiger charge is 2.31. The number of halogens is 1. The number of hydrogen-bond acceptors (Lipinski definition) is 5. The molecule has 0 bridgehead atoms. The average Bonchev–Trinajstić information content (AvgIpc) is 2.70. The molecule has 1 rings (SSSR count). The van der Waals surface area contributed by atoms with Crippen molar-refractivity contribution in [2.45, 2.75) is 31.4 Å². The summed E-state index contributed by atoms with van der Waals surface area (Å²) in [7, 11) is 0.134. The zero-order valence-electron chi connectivity index (χ0n) is 12.1. The van der Waals surface area contributed by atoms with Crippen molar-refractivity contribution >= 4 is 26.0 Å². The molecule has 0 saturated heterocycles. The van der Waals surface area contributed by atoms with Crippen molar-refractivity contribution in [3.05, 3.63) is 16.5 Å². The number of nitrogens with zero attached hydrogens (tertiary/aromatic N) is 2. The number of likely N-dealkylation sites (N-methyl/N-ethyl adjacent to an activating group) is 2. The van der Waals surface area contributed by atoms with E-state index in [-0.39, 0.29) is 28.0 Å². The molecule has 0 aliphatic carbocycles. The molecular weight excluding hydrogens is 348 g/mol. The topological polar surface area (TPSA) is 74.0 Å². The maximum Gasteiger partial charge on any atom is 0.247 e. The molecule has 0 aliphatic rings. The summed E-state index contributed by atoms with van der Waals surface area (Å²) in [6.45, 7) is 4.30. The van der Waals surface area contributed by atoms with Gasteiger partial charge in [0.25, 0.3) is 0 Å². The van der Waals surface area contributed by atoms with E-state index in [0.717, 1.165) is 0 Å². The minimum absolute atomic E-state index is 0.0500. The lowest BCUT2D eigenvalue weighted by molar-refractivity contribution is 0.244. The van der Waals surface area contributed by atoms with Crippen molar-refractivity contribution in [3.63, 3.8) is 0 Å². The molecule has 0 spiro atoms. The highest BCUT2D eigenvalue weighted by molar-refractivity contribution is 9.10. The van der Waals surface area contributed by atoms with E-state index < -0.39 is 10.0 Å². The quantitative estimate of drug-likeness (QED) is 0.789. The summed E-state index contributed by atoms with van der Waals surface area (Å²) in [6, 6.07) is 1.18. The number of aliphatic hydroxyl groups excluding tert-OH is 1. The van der Waals surface area contributed by atoms with E-state index in [1.165, 1.54) is 10.4 Å². The number of aliphatic hydroxyl groups is 1. The van der Waals surface area contributed by atoms with Gasteiger partial charge in [-0.2, -0.15) is 4.31 Å². The molecule has 1 unspecified atom stereocenters. The molecule has 8 heteroatoms. The number of hydrogen-bond donors (Lipinski definition) is 1. The van der Waals surface area contributed by atoms with Gasteiger partial charge in [-0.05, 0) is 36.9 Å². The fraction of sp³-hybridized carbons (Fsp3) is 0.667. The van der Waals surface area contributed by atoms with Crippen molar-refractivity contribution in [2.75, 3.05) is 27.2 Å². The highest BCUT2D eigenvalue weighted by atomic mass is 79.9. The van der Waals surface area contributed by atoms with Crippen LogP contribution >= 0.6 is 15.9 Å². The van der Waals surface area contributed by atoms with Gasteiger partial charge < -0.3 is 14.4 Å². The number of furan rings is 1. The Morgan fingerprint density at radius 1 is 1.45 bits per heavy atom. The summed E-state index contributed by atoms with van der Waals surface area (Å²) < 4.78 is 32.0. The standard InChI is InChI=1S/C12H21BrN2O4S/c1-5-15(9(2)7-14(3)4)20(17,18)11-6-10(8-16)19-12(11)13/h6,9,16H,5,7-8H2,1-4H3. The molecule has 6 nitrogen and oxygen atoms in total. The molecule has 0 fully saturated rings. The lowest BCUT2D eigenvalue weighted by Crippen LogP contribution is -2.43. The molecule has 1 atom stereocenters. The van der Waals surface area contributed by atoms with Crippen LogP contribution in [0.25, 0.3) is 0 Å². The number of rotatable bonds is 7. The normalized spacial score (nSPS) is 14.2. The zero-order chi connectivity index (χ0) is 15.5. The van der Waals surface area contributed by atoms with Crippen LogP contribution < -0.4 is 0 Å². The van der Waals surface area contributed by atoms with E-state index in [4.69, 9.17) is 9.52 Å². The van der Waals surface area contributed by atoms with Crippen molar-refractivity contribution in [2.24, 2.45) is 0 Å². The molecule has 116 valence electrons.